The van der Waals surface area contributed by atoms with E-state index in [1.807, 2.05) is 0 Å². The van der Waals surface area contributed by atoms with Crippen LogP contribution in [0, 0.1) is 5.41 Å². The number of carbonyl (C=O) groups is 1. The van der Waals surface area contributed by atoms with Crippen LogP contribution in [0.25, 0.3) is 0 Å². The Labute approximate surface area is 78.8 Å². The number of hydrogen-bond donors (Lipinski definition) is 0. The third kappa shape index (κ3) is 1.11. The standard InChI is InChI=1S/C12H14O/c1-9-4-3-6-12(9)7-5-11(13)8-10(12)2/h4-5,7-8H,3,6H2,1-2H3. The summed E-state index contributed by atoms with van der Waals surface area (Å²) in [7, 11) is 0. The Kier molecular flexibility index (Phi) is 1.76. The van der Waals surface area contributed by atoms with E-state index >= 15 is 0 Å². The van der Waals surface area contributed by atoms with Gasteiger partial charge in [-0.3, -0.25) is 4.79 Å². The minimum absolute atomic E-state index is 0.0912. The lowest BCUT2D eigenvalue weighted by Gasteiger charge is -2.30. The summed E-state index contributed by atoms with van der Waals surface area (Å²) in [6, 6.07) is 0. The number of carbonyl (C=O) groups excluding carboxylic acids is 1. The molecule has 0 heterocycles. The highest BCUT2D eigenvalue weighted by Gasteiger charge is 2.35. The molecule has 2 aliphatic carbocycles. The normalized spacial score (nSPS) is 32.3. The first-order valence-electron chi connectivity index (χ1n) is 4.74. The van der Waals surface area contributed by atoms with Gasteiger partial charge in [0, 0.05) is 5.41 Å². The molecule has 0 fully saturated rings. The van der Waals surface area contributed by atoms with Gasteiger partial charge in [0.05, 0.1) is 0 Å². The average Bonchev–Trinajstić information content (AvgIpc) is 2.43. The molecule has 0 bridgehead atoms. The molecule has 1 atom stereocenters. The maximum absolute atomic E-state index is 11.1. The molecule has 1 heteroatoms. The van der Waals surface area contributed by atoms with Gasteiger partial charge in [-0.1, -0.05) is 23.3 Å². The molecule has 2 aliphatic rings. The number of hydrogen-bond acceptors (Lipinski definition) is 1. The Bertz CT molecular complexity index is 344. The lowest BCUT2D eigenvalue weighted by molar-refractivity contribution is -0.110. The smallest absolute Gasteiger partial charge is 0.178 e. The fourth-order valence-corrected chi connectivity index (χ4v) is 2.36. The van der Waals surface area contributed by atoms with Crippen molar-refractivity contribution >= 4 is 5.78 Å². The molecule has 1 spiro atoms. The van der Waals surface area contributed by atoms with Gasteiger partial charge in [0.2, 0.25) is 0 Å². The minimum atomic E-state index is 0.0912. The largest absolute Gasteiger partial charge is 0.290 e. The van der Waals surface area contributed by atoms with Gasteiger partial charge < -0.3 is 0 Å². The Hall–Kier alpha value is -1.11. The minimum Gasteiger partial charge on any atom is -0.290 e. The zero-order chi connectivity index (χ0) is 9.47. The van der Waals surface area contributed by atoms with Gasteiger partial charge in [-0.25, -0.2) is 0 Å². The summed E-state index contributed by atoms with van der Waals surface area (Å²) in [4.78, 5) is 11.1. The van der Waals surface area contributed by atoms with Crippen LogP contribution in [0.1, 0.15) is 26.7 Å². The van der Waals surface area contributed by atoms with Crippen molar-refractivity contribution < 1.29 is 4.79 Å². The van der Waals surface area contributed by atoms with Gasteiger partial charge in [-0.15, -0.1) is 0 Å². The average molecular weight is 174 g/mol. The molecule has 13 heavy (non-hydrogen) atoms. The quantitative estimate of drug-likeness (QED) is 0.516. The highest BCUT2D eigenvalue weighted by atomic mass is 16.1. The summed E-state index contributed by atoms with van der Waals surface area (Å²) in [6.45, 7) is 4.22. The van der Waals surface area contributed by atoms with E-state index < -0.39 is 0 Å². The van der Waals surface area contributed by atoms with E-state index in [4.69, 9.17) is 0 Å². The summed E-state index contributed by atoms with van der Waals surface area (Å²) in [5.41, 5.74) is 2.68. The van der Waals surface area contributed by atoms with Gasteiger partial charge in [-0.05, 0) is 38.8 Å². The topological polar surface area (TPSA) is 17.1 Å². The van der Waals surface area contributed by atoms with Crippen molar-refractivity contribution in [1.82, 2.24) is 0 Å². The predicted molar refractivity (Wildman–Crippen MR) is 53.3 cm³/mol. The van der Waals surface area contributed by atoms with Crippen LogP contribution in [0.2, 0.25) is 0 Å². The van der Waals surface area contributed by atoms with Crippen molar-refractivity contribution in [2.45, 2.75) is 26.7 Å². The van der Waals surface area contributed by atoms with Crippen molar-refractivity contribution in [2.75, 3.05) is 0 Å². The molecule has 0 saturated carbocycles. The van der Waals surface area contributed by atoms with Gasteiger partial charge in [0.25, 0.3) is 0 Å². The lowest BCUT2D eigenvalue weighted by atomic mass is 9.73. The second-order valence-corrected chi connectivity index (χ2v) is 3.96. The predicted octanol–water partition coefficient (Wildman–Crippen LogP) is 2.80. The second kappa shape index (κ2) is 2.69. The van der Waals surface area contributed by atoms with Gasteiger partial charge >= 0.3 is 0 Å². The molecule has 0 radical (unpaired) electrons. The summed E-state index contributed by atoms with van der Waals surface area (Å²) >= 11 is 0. The Morgan fingerprint density at radius 1 is 1.31 bits per heavy atom. The van der Waals surface area contributed by atoms with E-state index in [2.05, 4.69) is 26.0 Å². The van der Waals surface area contributed by atoms with Crippen LogP contribution in [-0.2, 0) is 4.79 Å². The summed E-state index contributed by atoms with van der Waals surface area (Å²) < 4.78 is 0. The van der Waals surface area contributed by atoms with Gasteiger partial charge in [0.15, 0.2) is 5.78 Å². The Morgan fingerprint density at radius 3 is 2.62 bits per heavy atom. The molecular weight excluding hydrogens is 160 g/mol. The van der Waals surface area contributed by atoms with E-state index in [1.54, 1.807) is 12.2 Å². The Balaban J connectivity index is 2.45. The van der Waals surface area contributed by atoms with Gasteiger partial charge in [0.1, 0.15) is 0 Å². The first kappa shape index (κ1) is 8.49. The third-order valence-electron chi connectivity index (χ3n) is 3.29. The van der Waals surface area contributed by atoms with Crippen LogP contribution in [-0.4, -0.2) is 5.78 Å². The molecule has 0 saturated heterocycles. The fraction of sp³-hybridized carbons (Fsp3) is 0.417. The van der Waals surface area contributed by atoms with Crippen molar-refractivity contribution in [3.05, 3.63) is 35.5 Å². The van der Waals surface area contributed by atoms with Crippen LogP contribution in [0.3, 0.4) is 0 Å². The molecule has 0 amide bonds. The summed E-state index contributed by atoms with van der Waals surface area (Å²) in [5, 5.41) is 0. The molecule has 2 rings (SSSR count). The number of allylic oxidation sites excluding steroid dienone is 6. The molecule has 0 N–H and O–H groups in total. The van der Waals surface area contributed by atoms with Crippen LogP contribution in [0.4, 0.5) is 0 Å². The number of rotatable bonds is 0. The van der Waals surface area contributed by atoms with Crippen molar-refractivity contribution in [1.29, 1.82) is 0 Å². The fourth-order valence-electron chi connectivity index (χ4n) is 2.36. The van der Waals surface area contributed by atoms with Crippen LogP contribution in [0.5, 0.6) is 0 Å². The highest BCUT2D eigenvalue weighted by Crippen LogP contribution is 2.47. The molecule has 0 aromatic rings. The first-order valence-corrected chi connectivity index (χ1v) is 4.74. The molecule has 0 aromatic heterocycles. The molecule has 0 aliphatic heterocycles. The Morgan fingerprint density at radius 2 is 2.08 bits per heavy atom. The molecule has 1 unspecified atom stereocenters. The third-order valence-corrected chi connectivity index (χ3v) is 3.29. The van der Waals surface area contributed by atoms with E-state index in [9.17, 15) is 4.79 Å². The summed E-state index contributed by atoms with van der Waals surface area (Å²) in [6.07, 6.45) is 10.1. The van der Waals surface area contributed by atoms with E-state index in [0.29, 0.717) is 0 Å². The van der Waals surface area contributed by atoms with Crippen molar-refractivity contribution in [2.24, 2.45) is 5.41 Å². The lowest BCUT2D eigenvalue weighted by Crippen LogP contribution is -2.21. The van der Waals surface area contributed by atoms with Crippen molar-refractivity contribution in [3.8, 4) is 0 Å². The van der Waals surface area contributed by atoms with Crippen LogP contribution < -0.4 is 0 Å². The van der Waals surface area contributed by atoms with E-state index in [-0.39, 0.29) is 11.2 Å². The molecular formula is C12H14O. The second-order valence-electron chi connectivity index (χ2n) is 3.96. The highest BCUT2D eigenvalue weighted by molar-refractivity contribution is 6.01. The summed E-state index contributed by atoms with van der Waals surface area (Å²) in [5.74, 6) is 0.128. The van der Waals surface area contributed by atoms with E-state index in [1.165, 1.54) is 11.1 Å². The van der Waals surface area contributed by atoms with Crippen LogP contribution in [0.15, 0.2) is 35.5 Å². The molecule has 68 valence electrons. The maximum Gasteiger partial charge on any atom is 0.178 e. The SMILES string of the molecule is CC1=CCCC12C=CC(=O)C=C2C. The first-order chi connectivity index (χ1) is 6.15. The van der Waals surface area contributed by atoms with Crippen molar-refractivity contribution in [3.63, 3.8) is 0 Å². The van der Waals surface area contributed by atoms with Gasteiger partial charge in [-0.2, -0.15) is 0 Å². The molecule has 1 nitrogen and oxygen atoms in total. The maximum atomic E-state index is 11.1. The zero-order valence-corrected chi connectivity index (χ0v) is 8.13. The van der Waals surface area contributed by atoms with E-state index in [0.717, 1.165) is 12.8 Å². The zero-order valence-electron chi connectivity index (χ0n) is 8.13. The van der Waals surface area contributed by atoms with Crippen LogP contribution >= 0.6 is 0 Å². The monoisotopic (exact) mass is 174 g/mol. The molecule has 0 aromatic carbocycles. The number of ketones is 1.